The number of hydrogen-bond donors (Lipinski definition) is 1. The molecule has 0 saturated carbocycles. The highest BCUT2D eigenvalue weighted by Crippen LogP contribution is 2.16. The number of urea groups is 1. The fraction of sp³-hybridized carbons (Fsp3) is 0.263. The Balaban J connectivity index is 1.57. The van der Waals surface area contributed by atoms with Crippen LogP contribution in [0.25, 0.3) is 0 Å². The van der Waals surface area contributed by atoms with Gasteiger partial charge in [-0.1, -0.05) is 23.7 Å². The Morgan fingerprint density at radius 1 is 1.12 bits per heavy atom. The van der Waals surface area contributed by atoms with Crippen molar-refractivity contribution in [3.63, 3.8) is 0 Å². The molecule has 0 radical (unpaired) electrons. The van der Waals surface area contributed by atoms with Gasteiger partial charge in [0.05, 0.1) is 18.3 Å². The fourth-order valence-electron chi connectivity index (χ4n) is 2.84. The molecule has 0 bridgehead atoms. The maximum atomic E-state index is 12.5. The third-order valence-corrected chi connectivity index (χ3v) is 4.40. The summed E-state index contributed by atoms with van der Waals surface area (Å²) in [5.74, 6) is 0. The van der Waals surface area contributed by atoms with E-state index in [1.54, 1.807) is 24.3 Å². The van der Waals surface area contributed by atoms with Crippen LogP contribution >= 0.6 is 11.6 Å². The first-order valence-electron chi connectivity index (χ1n) is 8.17. The van der Waals surface area contributed by atoms with Gasteiger partial charge in [-0.15, -0.1) is 0 Å². The summed E-state index contributed by atoms with van der Waals surface area (Å²) in [5.41, 5.74) is 2.53. The molecule has 1 N–H and O–H groups in total. The Hall–Kier alpha value is -2.55. The van der Waals surface area contributed by atoms with E-state index in [1.165, 1.54) is 0 Å². The lowest BCUT2D eigenvalue weighted by molar-refractivity contribution is 0.105. The molecule has 0 aromatic heterocycles. The van der Waals surface area contributed by atoms with Crippen molar-refractivity contribution >= 4 is 23.3 Å². The summed E-state index contributed by atoms with van der Waals surface area (Å²) in [6.45, 7) is 3.03. The normalized spacial score (nSPS) is 14.8. The summed E-state index contributed by atoms with van der Waals surface area (Å²) in [7, 11) is 0. The van der Waals surface area contributed by atoms with Gasteiger partial charge in [0.25, 0.3) is 0 Å². The highest BCUT2D eigenvalue weighted by atomic mass is 35.5. The number of rotatable bonds is 3. The van der Waals surface area contributed by atoms with Crippen LogP contribution in [0.1, 0.15) is 17.5 Å². The van der Waals surface area contributed by atoms with Gasteiger partial charge in [-0.3, -0.25) is 4.90 Å². The fourth-order valence-corrected chi connectivity index (χ4v) is 2.97. The Bertz CT molecular complexity index is 768. The molecule has 1 aliphatic rings. The Morgan fingerprint density at radius 3 is 2.52 bits per heavy atom. The van der Waals surface area contributed by atoms with Crippen LogP contribution in [0.3, 0.4) is 0 Å². The minimum absolute atomic E-state index is 0.105. The van der Waals surface area contributed by atoms with Crippen molar-refractivity contribution in [2.24, 2.45) is 0 Å². The lowest BCUT2D eigenvalue weighted by Crippen LogP contribution is -2.48. The number of nitrogens with zero attached hydrogens (tertiary/aromatic N) is 3. The average Bonchev–Trinajstić information content (AvgIpc) is 2.64. The summed E-state index contributed by atoms with van der Waals surface area (Å²) >= 11 is 5.86. The van der Waals surface area contributed by atoms with Crippen LogP contribution in [0.4, 0.5) is 10.5 Å². The summed E-state index contributed by atoms with van der Waals surface area (Å²) < 4.78 is 0. The predicted octanol–water partition coefficient (Wildman–Crippen LogP) is 3.91. The topological polar surface area (TPSA) is 59.4 Å². The van der Waals surface area contributed by atoms with Gasteiger partial charge in [-0.2, -0.15) is 5.26 Å². The van der Waals surface area contributed by atoms with E-state index in [1.807, 2.05) is 29.2 Å². The third-order valence-electron chi connectivity index (χ3n) is 4.15. The molecule has 2 aromatic carbocycles. The molecule has 2 amide bonds. The van der Waals surface area contributed by atoms with Crippen molar-refractivity contribution in [3.8, 4) is 6.07 Å². The second-order valence-electron chi connectivity index (χ2n) is 6.06. The molecule has 5 nitrogen and oxygen atoms in total. The number of halogens is 1. The van der Waals surface area contributed by atoms with Crippen molar-refractivity contribution in [1.29, 1.82) is 5.26 Å². The van der Waals surface area contributed by atoms with E-state index >= 15 is 0 Å². The van der Waals surface area contributed by atoms with E-state index in [0.717, 1.165) is 37.3 Å². The summed E-state index contributed by atoms with van der Waals surface area (Å²) in [6.07, 6.45) is 0.935. The molecule has 2 aromatic rings. The molecule has 0 spiro atoms. The highest BCUT2D eigenvalue weighted by Gasteiger charge is 2.21. The lowest BCUT2D eigenvalue weighted by atomic mass is 10.1. The number of amides is 2. The van der Waals surface area contributed by atoms with Crippen LogP contribution < -0.4 is 5.32 Å². The second kappa shape index (κ2) is 8.02. The van der Waals surface area contributed by atoms with E-state index < -0.39 is 0 Å². The van der Waals surface area contributed by atoms with Crippen LogP contribution in [0, 0.1) is 11.3 Å². The Labute approximate surface area is 152 Å². The first kappa shape index (κ1) is 17.3. The summed E-state index contributed by atoms with van der Waals surface area (Å²) in [6, 6.07) is 16.7. The van der Waals surface area contributed by atoms with Crippen molar-refractivity contribution < 1.29 is 4.79 Å². The molecule has 1 aliphatic heterocycles. The number of anilines is 1. The Morgan fingerprint density at radius 2 is 1.84 bits per heavy atom. The number of nitriles is 1. The largest absolute Gasteiger partial charge is 0.322 e. The zero-order chi connectivity index (χ0) is 17.6. The summed E-state index contributed by atoms with van der Waals surface area (Å²) in [5, 5.41) is 12.4. The molecule has 25 heavy (non-hydrogen) atoms. The summed E-state index contributed by atoms with van der Waals surface area (Å²) in [4.78, 5) is 16.5. The number of nitrogens with one attached hydrogen (secondary N) is 1. The lowest BCUT2D eigenvalue weighted by Gasteiger charge is -2.35. The van der Waals surface area contributed by atoms with Crippen molar-refractivity contribution in [2.75, 3.05) is 25.1 Å². The van der Waals surface area contributed by atoms with Gasteiger partial charge in [0, 0.05) is 30.3 Å². The smallest absolute Gasteiger partial charge is 0.311 e. The van der Waals surface area contributed by atoms with Crippen molar-refractivity contribution in [1.82, 2.24) is 9.80 Å². The average molecular weight is 355 g/mol. The van der Waals surface area contributed by atoms with Gasteiger partial charge in [0.1, 0.15) is 0 Å². The standard InChI is InChI=1S/C19H19ClN4O/c20-17-6-8-18(9-7-17)22-19(25)24-11-1-10-23(14-24)13-16-4-2-15(12-21)3-5-16/h2-9H,1,10-11,13-14H2,(H,22,25). The van der Waals surface area contributed by atoms with Crippen LogP contribution in [0.15, 0.2) is 48.5 Å². The SMILES string of the molecule is N#Cc1ccc(CN2CCCN(C(=O)Nc3ccc(Cl)cc3)C2)cc1. The zero-order valence-corrected chi connectivity index (χ0v) is 14.5. The molecule has 3 rings (SSSR count). The molecule has 0 atom stereocenters. The molecular weight excluding hydrogens is 336 g/mol. The third kappa shape index (κ3) is 4.72. The van der Waals surface area contributed by atoms with E-state index in [-0.39, 0.29) is 6.03 Å². The number of carbonyl (C=O) groups is 1. The molecule has 128 valence electrons. The predicted molar refractivity (Wildman–Crippen MR) is 98.2 cm³/mol. The van der Waals surface area contributed by atoms with Gasteiger partial charge in [0.2, 0.25) is 0 Å². The van der Waals surface area contributed by atoms with Crippen molar-refractivity contribution in [3.05, 3.63) is 64.7 Å². The van der Waals surface area contributed by atoms with Crippen molar-refractivity contribution in [2.45, 2.75) is 13.0 Å². The van der Waals surface area contributed by atoms with Crippen LogP contribution in [0.5, 0.6) is 0 Å². The maximum Gasteiger partial charge on any atom is 0.322 e. The molecular formula is C19H19ClN4O. The van der Waals surface area contributed by atoms with E-state index in [0.29, 0.717) is 17.3 Å². The first-order chi connectivity index (χ1) is 12.1. The molecule has 1 fully saturated rings. The highest BCUT2D eigenvalue weighted by molar-refractivity contribution is 6.30. The maximum absolute atomic E-state index is 12.5. The van der Waals surface area contributed by atoms with Gasteiger partial charge in [0.15, 0.2) is 0 Å². The van der Waals surface area contributed by atoms with Gasteiger partial charge in [-0.05, 0) is 48.4 Å². The van der Waals surface area contributed by atoms with Gasteiger partial charge < -0.3 is 10.2 Å². The number of benzene rings is 2. The Kier molecular flexibility index (Phi) is 5.54. The first-order valence-corrected chi connectivity index (χ1v) is 8.55. The van der Waals surface area contributed by atoms with Crippen LogP contribution in [-0.4, -0.2) is 35.6 Å². The minimum Gasteiger partial charge on any atom is -0.311 e. The quantitative estimate of drug-likeness (QED) is 0.909. The monoisotopic (exact) mass is 354 g/mol. The zero-order valence-electron chi connectivity index (χ0n) is 13.8. The van der Waals surface area contributed by atoms with Gasteiger partial charge >= 0.3 is 6.03 Å². The number of hydrogen-bond acceptors (Lipinski definition) is 3. The minimum atomic E-state index is -0.105. The van der Waals surface area contributed by atoms with E-state index in [2.05, 4.69) is 16.3 Å². The molecule has 1 saturated heterocycles. The van der Waals surface area contributed by atoms with Gasteiger partial charge in [-0.25, -0.2) is 4.79 Å². The van der Waals surface area contributed by atoms with Crippen LogP contribution in [0.2, 0.25) is 5.02 Å². The molecule has 0 aliphatic carbocycles. The molecule has 1 heterocycles. The molecule has 0 unspecified atom stereocenters. The second-order valence-corrected chi connectivity index (χ2v) is 6.49. The molecule has 6 heteroatoms. The van der Waals surface area contributed by atoms with E-state index in [4.69, 9.17) is 16.9 Å². The van der Waals surface area contributed by atoms with E-state index in [9.17, 15) is 4.79 Å². The number of carbonyl (C=O) groups excluding carboxylic acids is 1. The van der Waals surface area contributed by atoms with Crippen LogP contribution in [-0.2, 0) is 6.54 Å².